The number of rotatable bonds is 2. The monoisotopic (exact) mass is 220 g/mol. The number of carbonyl (C=O) groups is 1. The van der Waals surface area contributed by atoms with Gasteiger partial charge in [-0.2, -0.15) is 5.26 Å². The largest absolute Gasteiger partial charge is 0.340 e. The number of hydrogen-bond donors (Lipinski definition) is 0. The summed E-state index contributed by atoms with van der Waals surface area (Å²) < 4.78 is 0. The van der Waals surface area contributed by atoms with E-state index in [4.69, 9.17) is 5.26 Å². The van der Waals surface area contributed by atoms with E-state index in [1.54, 1.807) is 6.07 Å². The first-order valence-electron chi connectivity index (χ1n) is 3.78. The molecule has 5 nitrogen and oxygen atoms in total. The van der Waals surface area contributed by atoms with Crippen molar-refractivity contribution in [2.75, 3.05) is 0 Å². The summed E-state index contributed by atoms with van der Waals surface area (Å²) in [6.07, 6.45) is 0.538. The smallest absolute Gasteiger partial charge is 0.297 e. The van der Waals surface area contributed by atoms with Gasteiger partial charge in [0.2, 0.25) is 0 Å². The van der Waals surface area contributed by atoms with Gasteiger partial charge in [-0.15, -0.1) is 0 Å². The fourth-order valence-corrected chi connectivity index (χ4v) is 1.60. The third-order valence-corrected chi connectivity index (χ3v) is 2.42. The average Bonchev–Trinajstić information content (AvgIpc) is 2.62. The van der Waals surface area contributed by atoms with Crippen LogP contribution in [0.1, 0.15) is 21.7 Å². The number of nitriles is 1. The molecule has 1 aromatic heterocycles. The van der Waals surface area contributed by atoms with Crippen LogP contribution >= 0.6 is 11.3 Å². The zero-order valence-electron chi connectivity index (χ0n) is 7.39. The Balaban J connectivity index is 3.12. The number of thiophene rings is 1. The van der Waals surface area contributed by atoms with Gasteiger partial charge in [0, 0.05) is 0 Å². The molecular formula is C9H4N2O3S. The molecule has 0 aliphatic carbocycles. The molecule has 1 rings (SSSR count). The topological polar surface area (TPSA) is 84.0 Å². The Morgan fingerprint density at radius 1 is 1.67 bits per heavy atom. The minimum atomic E-state index is -0.589. The van der Waals surface area contributed by atoms with Gasteiger partial charge < -0.3 is 0 Å². The molecule has 0 saturated heterocycles. The van der Waals surface area contributed by atoms with Crippen LogP contribution in [0.3, 0.4) is 0 Å². The molecule has 6 heteroatoms. The molecule has 1 aromatic rings. The zero-order chi connectivity index (χ0) is 11.3. The van der Waals surface area contributed by atoms with Crippen molar-refractivity contribution >= 4 is 22.6 Å². The lowest BCUT2D eigenvalue weighted by Gasteiger charge is -1.83. The lowest BCUT2D eigenvalue weighted by Crippen LogP contribution is -1.85. The van der Waals surface area contributed by atoms with Crippen molar-refractivity contribution in [1.82, 2.24) is 0 Å². The molecule has 0 unspecified atom stereocenters. The second kappa shape index (κ2) is 4.89. The standard InChI is InChI=1S/C9H4N2O3S/c10-4-2-1-3-7-5-8(6-12)15-9(7)11(13)14/h5-6H,2H2. The van der Waals surface area contributed by atoms with Gasteiger partial charge in [-0.1, -0.05) is 23.2 Å². The molecule has 0 aromatic carbocycles. The Hall–Kier alpha value is -2.18. The van der Waals surface area contributed by atoms with E-state index >= 15 is 0 Å². The first-order chi connectivity index (χ1) is 7.19. The quantitative estimate of drug-likeness (QED) is 0.329. The van der Waals surface area contributed by atoms with Crippen molar-refractivity contribution in [1.29, 1.82) is 5.26 Å². The summed E-state index contributed by atoms with van der Waals surface area (Å²) >= 11 is 0.773. The summed E-state index contributed by atoms with van der Waals surface area (Å²) in [6, 6.07) is 3.15. The highest BCUT2D eigenvalue weighted by atomic mass is 32.1. The maximum absolute atomic E-state index is 10.6. The second-order valence-corrected chi connectivity index (χ2v) is 3.44. The van der Waals surface area contributed by atoms with E-state index in [0.717, 1.165) is 11.3 Å². The van der Waals surface area contributed by atoms with E-state index in [1.165, 1.54) is 6.07 Å². The van der Waals surface area contributed by atoms with Crippen LogP contribution in [0.2, 0.25) is 0 Å². The number of nitro groups is 1. The van der Waals surface area contributed by atoms with Crippen molar-refractivity contribution in [3.05, 3.63) is 26.6 Å². The van der Waals surface area contributed by atoms with Gasteiger partial charge in [0.15, 0.2) is 6.29 Å². The lowest BCUT2D eigenvalue weighted by atomic mass is 10.3. The molecule has 15 heavy (non-hydrogen) atoms. The molecule has 74 valence electrons. The SMILES string of the molecule is N#CCC#Cc1cc(C=O)sc1[N+](=O)[O-]. The maximum atomic E-state index is 10.6. The Morgan fingerprint density at radius 3 is 2.93 bits per heavy atom. The number of aldehydes is 1. The first kappa shape index (κ1) is 10.9. The molecule has 0 spiro atoms. The molecule has 0 aliphatic heterocycles. The molecule has 1 heterocycles. The third-order valence-electron chi connectivity index (χ3n) is 1.40. The molecule has 0 radical (unpaired) electrons. The molecule has 0 saturated carbocycles. The van der Waals surface area contributed by atoms with Crippen LogP contribution in [0.25, 0.3) is 0 Å². The van der Waals surface area contributed by atoms with E-state index in [0.29, 0.717) is 6.29 Å². The fourth-order valence-electron chi connectivity index (χ4n) is 0.862. The molecule has 0 bridgehead atoms. The van der Waals surface area contributed by atoms with Gasteiger partial charge in [-0.25, -0.2) is 0 Å². The molecule has 0 amide bonds. The predicted octanol–water partition coefficient (Wildman–Crippen LogP) is 1.73. The molecule has 0 aliphatic rings. The lowest BCUT2D eigenvalue weighted by molar-refractivity contribution is -0.380. The highest BCUT2D eigenvalue weighted by Crippen LogP contribution is 2.28. The summed E-state index contributed by atoms with van der Waals surface area (Å²) in [5, 5.41) is 18.6. The summed E-state index contributed by atoms with van der Waals surface area (Å²) in [5.41, 5.74) is 0.183. The zero-order valence-corrected chi connectivity index (χ0v) is 8.21. The van der Waals surface area contributed by atoms with Crippen LogP contribution < -0.4 is 0 Å². The highest BCUT2D eigenvalue weighted by Gasteiger charge is 2.17. The minimum Gasteiger partial charge on any atom is -0.297 e. The van der Waals surface area contributed by atoms with E-state index in [9.17, 15) is 14.9 Å². The van der Waals surface area contributed by atoms with E-state index in [2.05, 4.69) is 11.8 Å². The van der Waals surface area contributed by atoms with Gasteiger partial charge in [0.1, 0.15) is 5.56 Å². The van der Waals surface area contributed by atoms with Crippen molar-refractivity contribution in [3.8, 4) is 17.9 Å². The minimum absolute atomic E-state index is 0.00340. The average molecular weight is 220 g/mol. The maximum Gasteiger partial charge on any atom is 0.340 e. The van der Waals surface area contributed by atoms with E-state index in [-0.39, 0.29) is 21.9 Å². The molecule has 0 fully saturated rings. The van der Waals surface area contributed by atoms with Crippen LogP contribution in [-0.4, -0.2) is 11.2 Å². The van der Waals surface area contributed by atoms with Crippen molar-refractivity contribution in [2.24, 2.45) is 0 Å². The summed E-state index contributed by atoms with van der Waals surface area (Å²) in [6.45, 7) is 0. The van der Waals surface area contributed by atoms with E-state index in [1.807, 2.05) is 0 Å². The Bertz CT molecular complexity index is 502. The second-order valence-electron chi connectivity index (χ2n) is 2.38. The molecule has 0 atom stereocenters. The Labute approximate surface area is 89.1 Å². The predicted molar refractivity (Wildman–Crippen MR) is 53.5 cm³/mol. The highest BCUT2D eigenvalue weighted by molar-refractivity contribution is 7.17. The van der Waals surface area contributed by atoms with Gasteiger partial charge in [0.25, 0.3) is 0 Å². The summed E-state index contributed by atoms with van der Waals surface area (Å²) in [7, 11) is 0. The van der Waals surface area contributed by atoms with Gasteiger partial charge in [0.05, 0.1) is 22.3 Å². The van der Waals surface area contributed by atoms with Crippen LogP contribution in [0, 0.1) is 33.3 Å². The first-order valence-corrected chi connectivity index (χ1v) is 4.60. The Kier molecular flexibility index (Phi) is 3.55. The van der Waals surface area contributed by atoms with Crippen LogP contribution in [0.5, 0.6) is 0 Å². The van der Waals surface area contributed by atoms with Crippen LogP contribution in [0.15, 0.2) is 6.07 Å². The molecular weight excluding hydrogens is 216 g/mol. The van der Waals surface area contributed by atoms with Crippen molar-refractivity contribution < 1.29 is 9.72 Å². The third kappa shape index (κ3) is 2.63. The fraction of sp³-hybridized carbons (Fsp3) is 0.111. The number of nitrogens with zero attached hydrogens (tertiary/aromatic N) is 2. The van der Waals surface area contributed by atoms with E-state index < -0.39 is 4.92 Å². The number of hydrogen-bond acceptors (Lipinski definition) is 5. The summed E-state index contributed by atoms with van der Waals surface area (Å²) in [5.74, 6) is 4.95. The van der Waals surface area contributed by atoms with Gasteiger partial charge >= 0.3 is 5.00 Å². The van der Waals surface area contributed by atoms with Crippen molar-refractivity contribution in [3.63, 3.8) is 0 Å². The van der Waals surface area contributed by atoms with Gasteiger partial charge in [-0.3, -0.25) is 14.9 Å². The molecule has 0 N–H and O–H groups in total. The van der Waals surface area contributed by atoms with Gasteiger partial charge in [-0.05, 0) is 6.07 Å². The Morgan fingerprint density at radius 2 is 2.40 bits per heavy atom. The summed E-state index contributed by atoms with van der Waals surface area (Å²) in [4.78, 5) is 20.6. The van der Waals surface area contributed by atoms with Crippen LogP contribution in [0.4, 0.5) is 5.00 Å². The normalized spacial score (nSPS) is 8.47. The number of carbonyl (C=O) groups excluding carboxylic acids is 1. The van der Waals surface area contributed by atoms with Crippen molar-refractivity contribution in [2.45, 2.75) is 6.42 Å². The van der Waals surface area contributed by atoms with Crippen LogP contribution in [-0.2, 0) is 0 Å².